The highest BCUT2D eigenvalue weighted by Gasteiger charge is 2.29. The van der Waals surface area contributed by atoms with Gasteiger partial charge in [0, 0.05) is 22.9 Å². The van der Waals surface area contributed by atoms with Crippen molar-refractivity contribution >= 4 is 45.4 Å². The van der Waals surface area contributed by atoms with Crippen LogP contribution >= 0.6 is 0 Å². The van der Waals surface area contributed by atoms with Gasteiger partial charge in [0.15, 0.2) is 11.8 Å². The molecule has 1 heterocycles. The molecule has 0 radical (unpaired) electrons. The number of hydrogen-bond donors (Lipinski definition) is 3. The monoisotopic (exact) mass is 486 g/mol. The summed E-state index contributed by atoms with van der Waals surface area (Å²) in [5.41, 5.74) is 4.59. The lowest BCUT2D eigenvalue weighted by molar-refractivity contribution is -0.142. The second-order valence-corrected chi connectivity index (χ2v) is 9.56. The van der Waals surface area contributed by atoms with Crippen molar-refractivity contribution in [2.24, 2.45) is 0 Å². The van der Waals surface area contributed by atoms with Gasteiger partial charge in [-0.05, 0) is 46.7 Å². The minimum absolute atomic E-state index is 0.143. The summed E-state index contributed by atoms with van der Waals surface area (Å²) in [5, 5.41) is 16.7. The molecule has 4 aromatic rings. The Bertz CT molecular complexity index is 1420. The van der Waals surface area contributed by atoms with Crippen molar-refractivity contribution in [3.8, 4) is 0 Å². The first-order valence-electron chi connectivity index (χ1n) is 12.0. The van der Waals surface area contributed by atoms with Gasteiger partial charge >= 0.3 is 12.0 Å². The first-order chi connectivity index (χ1) is 17.2. The fraction of sp³-hybridized carbons (Fsp3) is 0.276. The van der Waals surface area contributed by atoms with Crippen LogP contribution in [0.1, 0.15) is 56.2 Å². The van der Waals surface area contributed by atoms with Gasteiger partial charge in [-0.3, -0.25) is 4.79 Å². The highest BCUT2D eigenvalue weighted by Crippen LogP contribution is 2.32. The fourth-order valence-corrected chi connectivity index (χ4v) is 4.44. The number of fused-ring (bicyclic) bond motifs is 3. The lowest BCUT2D eigenvalue weighted by Crippen LogP contribution is -2.48. The number of nitrogens with one attached hydrogen (secondary N) is 2. The minimum Gasteiger partial charge on any atom is -0.479 e. The van der Waals surface area contributed by atoms with Gasteiger partial charge in [0.2, 0.25) is 0 Å². The molecule has 1 atom stereocenters. The lowest BCUT2D eigenvalue weighted by Gasteiger charge is -2.21. The van der Waals surface area contributed by atoms with E-state index in [2.05, 4.69) is 10.6 Å². The van der Waals surface area contributed by atoms with Crippen molar-refractivity contribution in [2.45, 2.75) is 52.0 Å². The molecule has 0 saturated carbocycles. The first kappa shape index (κ1) is 25.0. The average molecular weight is 487 g/mol. The van der Waals surface area contributed by atoms with E-state index in [4.69, 9.17) is 4.42 Å². The molecule has 0 saturated heterocycles. The number of carbonyl (C=O) groups excluding carboxylic acids is 2. The molecule has 1 aromatic heterocycles. The summed E-state index contributed by atoms with van der Waals surface area (Å²) in [5.74, 6) is -1.74. The predicted molar refractivity (Wildman–Crippen MR) is 141 cm³/mol. The van der Waals surface area contributed by atoms with Crippen LogP contribution in [0.5, 0.6) is 0 Å². The minimum atomic E-state index is -1.68. The maximum absolute atomic E-state index is 13.0. The number of carboxylic acid groups (broad SMARTS) is 1. The number of hydrogen-bond acceptors (Lipinski definition) is 4. The number of anilines is 1. The number of para-hydroxylation sites is 2. The Balaban J connectivity index is 1.53. The first-order valence-corrected chi connectivity index (χ1v) is 12.0. The number of carbonyl (C=O) groups is 3. The highest BCUT2D eigenvalue weighted by atomic mass is 16.4. The zero-order chi connectivity index (χ0) is 26.0. The molecule has 3 aromatic carbocycles. The van der Waals surface area contributed by atoms with Gasteiger partial charge in [-0.25, -0.2) is 9.59 Å². The molecule has 7 nitrogen and oxygen atoms in total. The molecule has 186 valence electrons. The zero-order valence-corrected chi connectivity index (χ0v) is 20.8. The number of amides is 2. The van der Waals surface area contributed by atoms with Crippen LogP contribution in [0.15, 0.2) is 65.1 Å². The Labute approximate surface area is 209 Å². The quantitative estimate of drug-likeness (QED) is 0.256. The van der Waals surface area contributed by atoms with Crippen LogP contribution in [0.2, 0.25) is 0 Å². The van der Waals surface area contributed by atoms with Crippen molar-refractivity contribution in [2.75, 3.05) is 5.32 Å². The molecular weight excluding hydrogens is 456 g/mol. The fourth-order valence-electron chi connectivity index (χ4n) is 4.44. The van der Waals surface area contributed by atoms with E-state index < -0.39 is 23.8 Å². The Morgan fingerprint density at radius 3 is 2.11 bits per heavy atom. The van der Waals surface area contributed by atoms with Gasteiger partial charge in [-0.2, -0.15) is 0 Å². The molecule has 0 aliphatic heterocycles. The number of ketones is 1. The van der Waals surface area contributed by atoms with Crippen LogP contribution in [0, 0.1) is 0 Å². The van der Waals surface area contributed by atoms with Crippen LogP contribution in [-0.2, 0) is 16.0 Å². The van der Waals surface area contributed by atoms with Crippen molar-refractivity contribution < 1.29 is 23.9 Å². The molecule has 2 amide bonds. The third-order valence-electron chi connectivity index (χ3n) is 6.28. The molecule has 0 spiro atoms. The second-order valence-electron chi connectivity index (χ2n) is 9.56. The van der Waals surface area contributed by atoms with Gasteiger partial charge < -0.3 is 20.2 Å². The number of carboxylic acids is 1. The van der Waals surface area contributed by atoms with Crippen molar-refractivity contribution in [1.29, 1.82) is 0 Å². The maximum Gasteiger partial charge on any atom is 0.334 e. The van der Waals surface area contributed by atoms with E-state index in [1.54, 1.807) is 12.1 Å². The van der Waals surface area contributed by atoms with E-state index in [9.17, 15) is 19.5 Å². The molecule has 0 fully saturated rings. The topological polar surface area (TPSA) is 109 Å². The smallest absolute Gasteiger partial charge is 0.334 e. The number of aliphatic carboxylic acids is 1. The van der Waals surface area contributed by atoms with Crippen LogP contribution < -0.4 is 10.6 Å². The molecule has 0 unspecified atom stereocenters. The molecule has 4 rings (SSSR count). The van der Waals surface area contributed by atoms with Crippen molar-refractivity contribution in [3.63, 3.8) is 0 Å². The summed E-state index contributed by atoms with van der Waals surface area (Å²) < 4.78 is 5.82. The van der Waals surface area contributed by atoms with Gasteiger partial charge in [-0.1, -0.05) is 70.2 Å². The van der Waals surface area contributed by atoms with Crippen molar-refractivity contribution in [1.82, 2.24) is 5.32 Å². The van der Waals surface area contributed by atoms with E-state index in [0.29, 0.717) is 16.8 Å². The summed E-state index contributed by atoms with van der Waals surface area (Å²) in [4.78, 5) is 37.8. The number of rotatable bonds is 8. The maximum atomic E-state index is 13.0. The van der Waals surface area contributed by atoms with E-state index in [0.717, 1.165) is 27.5 Å². The summed E-state index contributed by atoms with van der Waals surface area (Å²) in [6.07, 6.45) is -0.146. The SMILES string of the molecule is CC(C)c1cccc(C(C)C)c1NC(=O)N[C@H](C(=O)O)C(=O)Cc1ccc2oc3ccccc3c2c1. The summed E-state index contributed by atoms with van der Waals surface area (Å²) in [7, 11) is 0. The van der Waals surface area contributed by atoms with Crippen LogP contribution in [0.25, 0.3) is 21.9 Å². The zero-order valence-electron chi connectivity index (χ0n) is 20.8. The number of urea groups is 1. The molecule has 7 heteroatoms. The van der Waals surface area contributed by atoms with Crippen LogP contribution in [0.3, 0.4) is 0 Å². The summed E-state index contributed by atoms with van der Waals surface area (Å²) >= 11 is 0. The van der Waals surface area contributed by atoms with Crippen LogP contribution in [-0.4, -0.2) is 28.9 Å². The largest absolute Gasteiger partial charge is 0.479 e. The Morgan fingerprint density at radius 1 is 0.833 bits per heavy atom. The second kappa shape index (κ2) is 10.2. The number of Topliss-reactive ketones (excluding diaryl/α,β-unsaturated/α-hetero) is 1. The molecule has 0 aliphatic carbocycles. The number of furan rings is 1. The van der Waals surface area contributed by atoms with E-state index in [1.165, 1.54) is 0 Å². The standard InChI is InChI=1S/C29H30N2O5/c1-16(2)19-9-7-10-20(17(3)4)26(19)30-29(35)31-27(28(33)34)23(32)15-18-12-13-25-22(14-18)21-8-5-6-11-24(21)36-25/h5-14,16-17,27H,15H2,1-4H3,(H,33,34)(H2,30,31,35)/t27-/m0/s1. The van der Waals surface area contributed by atoms with E-state index in [1.807, 2.05) is 76.2 Å². The average Bonchev–Trinajstić information content (AvgIpc) is 3.20. The third kappa shape index (κ3) is 5.10. The molecule has 0 bridgehead atoms. The molecule has 3 N–H and O–H groups in total. The predicted octanol–water partition coefficient (Wildman–Crippen LogP) is 6.22. The van der Waals surface area contributed by atoms with Gasteiger partial charge in [0.05, 0.1) is 0 Å². The Kier molecular flexibility index (Phi) is 7.10. The van der Waals surface area contributed by atoms with Crippen molar-refractivity contribution in [3.05, 3.63) is 77.4 Å². The number of benzene rings is 3. The molecule has 36 heavy (non-hydrogen) atoms. The van der Waals surface area contributed by atoms with Gasteiger partial charge in [0.25, 0.3) is 0 Å². The Hall–Kier alpha value is -4.13. The van der Waals surface area contributed by atoms with E-state index >= 15 is 0 Å². The Morgan fingerprint density at radius 2 is 1.47 bits per heavy atom. The summed E-state index contributed by atoms with van der Waals surface area (Å²) in [6, 6.07) is 16.3. The molecular formula is C29H30N2O5. The highest BCUT2D eigenvalue weighted by molar-refractivity contribution is 6.08. The van der Waals surface area contributed by atoms with Crippen LogP contribution in [0.4, 0.5) is 10.5 Å². The van der Waals surface area contributed by atoms with E-state index in [-0.39, 0.29) is 18.3 Å². The van der Waals surface area contributed by atoms with Gasteiger partial charge in [0.1, 0.15) is 11.2 Å². The summed E-state index contributed by atoms with van der Waals surface area (Å²) in [6.45, 7) is 8.08. The third-order valence-corrected chi connectivity index (χ3v) is 6.28. The normalized spacial score (nSPS) is 12.3. The van der Waals surface area contributed by atoms with Gasteiger partial charge in [-0.15, -0.1) is 0 Å². The molecule has 0 aliphatic rings. The lowest BCUT2D eigenvalue weighted by atomic mass is 9.93.